The van der Waals surface area contributed by atoms with E-state index in [1.54, 1.807) is 18.2 Å². The van der Waals surface area contributed by atoms with Gasteiger partial charge in [-0.25, -0.2) is 4.98 Å². The van der Waals surface area contributed by atoms with Crippen LogP contribution in [0.4, 0.5) is 5.69 Å². The predicted molar refractivity (Wildman–Crippen MR) is 92.1 cm³/mol. The normalized spacial score (nSPS) is 15.6. The minimum absolute atomic E-state index is 0.0817. The van der Waals surface area contributed by atoms with Crippen LogP contribution in [-0.2, 0) is 0 Å². The third-order valence-electron chi connectivity index (χ3n) is 3.34. The zero-order valence-corrected chi connectivity index (χ0v) is 14.1. The number of nitrogens with one attached hydrogen (secondary N) is 1. The second-order valence-electron chi connectivity index (χ2n) is 5.93. The molecular formula is C17H16Cl2N2O. The highest BCUT2D eigenvalue weighted by Crippen LogP contribution is 2.35. The summed E-state index contributed by atoms with van der Waals surface area (Å²) < 4.78 is 5.77. The lowest BCUT2D eigenvalue weighted by atomic mass is 9.94. The first-order valence-corrected chi connectivity index (χ1v) is 7.71. The number of aromatic nitrogens is 1. The average molecular weight is 335 g/mol. The summed E-state index contributed by atoms with van der Waals surface area (Å²) in [5, 5.41) is 4.49. The van der Waals surface area contributed by atoms with Gasteiger partial charge >= 0.3 is 0 Å². The lowest BCUT2D eigenvalue weighted by Crippen LogP contribution is -2.31. The van der Waals surface area contributed by atoms with Gasteiger partial charge in [0.05, 0.1) is 16.9 Å². The van der Waals surface area contributed by atoms with Crippen molar-refractivity contribution in [1.82, 2.24) is 4.98 Å². The third kappa shape index (κ3) is 3.21. The van der Waals surface area contributed by atoms with Gasteiger partial charge in [0.1, 0.15) is 5.75 Å². The van der Waals surface area contributed by atoms with Gasteiger partial charge in [-0.05, 0) is 50.6 Å². The lowest BCUT2D eigenvalue weighted by molar-refractivity contribution is 0.462. The summed E-state index contributed by atoms with van der Waals surface area (Å²) in [6.45, 7) is 6.30. The Bertz CT molecular complexity index is 749. The maximum absolute atomic E-state index is 5.98. The van der Waals surface area contributed by atoms with Crippen molar-refractivity contribution in [2.75, 3.05) is 5.32 Å². The highest BCUT2D eigenvalue weighted by Gasteiger charge is 2.23. The molecule has 1 N–H and O–H groups in total. The fourth-order valence-electron chi connectivity index (χ4n) is 2.60. The topological polar surface area (TPSA) is 34.1 Å². The van der Waals surface area contributed by atoms with E-state index < -0.39 is 0 Å². The van der Waals surface area contributed by atoms with Crippen LogP contribution in [0, 0.1) is 0 Å². The number of anilines is 1. The predicted octanol–water partition coefficient (Wildman–Crippen LogP) is 5.79. The summed E-state index contributed by atoms with van der Waals surface area (Å²) in [6.07, 6.45) is 2.16. The molecule has 0 fully saturated rings. The van der Waals surface area contributed by atoms with Crippen LogP contribution in [-0.4, -0.2) is 10.5 Å². The zero-order chi connectivity index (χ0) is 15.9. The molecule has 0 aliphatic carbocycles. The standard InChI is InChI=1S/C17H16Cl2N2O/c1-10-9-17(2,3)21-14-4-5-15(20-16(10)14)22-13-7-11(18)6-12(19)8-13/h4-9,21H,1-3H3. The molecule has 0 unspecified atom stereocenters. The molecule has 0 amide bonds. The van der Waals surface area contributed by atoms with E-state index in [0.29, 0.717) is 21.7 Å². The van der Waals surface area contributed by atoms with E-state index in [1.165, 1.54) is 0 Å². The Morgan fingerprint density at radius 2 is 1.77 bits per heavy atom. The van der Waals surface area contributed by atoms with Gasteiger partial charge in [-0.15, -0.1) is 0 Å². The minimum Gasteiger partial charge on any atom is -0.439 e. The van der Waals surface area contributed by atoms with Crippen LogP contribution in [0.3, 0.4) is 0 Å². The molecule has 1 aliphatic heterocycles. The molecule has 114 valence electrons. The molecule has 5 heteroatoms. The van der Waals surface area contributed by atoms with Crippen molar-refractivity contribution in [3.05, 3.63) is 52.1 Å². The van der Waals surface area contributed by atoms with Gasteiger partial charge in [0, 0.05) is 16.1 Å². The Morgan fingerprint density at radius 1 is 1.09 bits per heavy atom. The number of hydrogen-bond donors (Lipinski definition) is 1. The van der Waals surface area contributed by atoms with Crippen LogP contribution in [0.15, 0.2) is 36.4 Å². The number of pyridine rings is 1. The summed E-state index contributed by atoms with van der Waals surface area (Å²) in [6, 6.07) is 8.88. The van der Waals surface area contributed by atoms with Crippen molar-refractivity contribution in [1.29, 1.82) is 0 Å². The summed E-state index contributed by atoms with van der Waals surface area (Å²) in [5.74, 6) is 1.07. The summed E-state index contributed by atoms with van der Waals surface area (Å²) in [7, 11) is 0. The number of nitrogens with zero attached hydrogens (tertiary/aromatic N) is 1. The Morgan fingerprint density at radius 3 is 2.45 bits per heavy atom. The van der Waals surface area contributed by atoms with Crippen molar-refractivity contribution in [2.24, 2.45) is 0 Å². The molecule has 0 bridgehead atoms. The molecule has 2 aromatic rings. The highest BCUT2D eigenvalue weighted by atomic mass is 35.5. The van der Waals surface area contributed by atoms with Crippen LogP contribution in [0.1, 0.15) is 26.5 Å². The number of benzene rings is 1. The van der Waals surface area contributed by atoms with Crippen LogP contribution < -0.4 is 10.1 Å². The first-order valence-electron chi connectivity index (χ1n) is 6.95. The van der Waals surface area contributed by atoms with E-state index in [4.69, 9.17) is 27.9 Å². The number of hydrogen-bond acceptors (Lipinski definition) is 3. The van der Waals surface area contributed by atoms with E-state index >= 15 is 0 Å². The van der Waals surface area contributed by atoms with Crippen molar-refractivity contribution in [2.45, 2.75) is 26.3 Å². The molecule has 1 aliphatic rings. The lowest BCUT2D eigenvalue weighted by Gasteiger charge is -2.30. The number of rotatable bonds is 2. The van der Waals surface area contributed by atoms with Gasteiger partial charge in [0.25, 0.3) is 0 Å². The van der Waals surface area contributed by atoms with Gasteiger partial charge in [-0.2, -0.15) is 0 Å². The molecule has 1 aromatic heterocycles. The molecular weight excluding hydrogens is 319 g/mol. The molecule has 0 saturated heterocycles. The van der Waals surface area contributed by atoms with E-state index in [-0.39, 0.29) is 5.54 Å². The SMILES string of the molecule is CC1=CC(C)(C)Nc2ccc(Oc3cc(Cl)cc(Cl)c3)nc21. The van der Waals surface area contributed by atoms with Crippen LogP contribution in [0.5, 0.6) is 11.6 Å². The molecule has 2 heterocycles. The second-order valence-corrected chi connectivity index (χ2v) is 6.80. The summed E-state index contributed by atoms with van der Waals surface area (Å²) in [5.41, 5.74) is 2.93. The third-order valence-corrected chi connectivity index (χ3v) is 3.77. The molecule has 0 atom stereocenters. The summed E-state index contributed by atoms with van der Waals surface area (Å²) >= 11 is 12.0. The fourth-order valence-corrected chi connectivity index (χ4v) is 3.11. The summed E-state index contributed by atoms with van der Waals surface area (Å²) in [4.78, 5) is 4.58. The van der Waals surface area contributed by atoms with Gasteiger partial charge in [-0.3, -0.25) is 0 Å². The molecule has 0 saturated carbocycles. The molecule has 3 rings (SSSR count). The first kappa shape index (κ1) is 15.2. The molecule has 1 aromatic carbocycles. The molecule has 0 spiro atoms. The smallest absolute Gasteiger partial charge is 0.219 e. The van der Waals surface area contributed by atoms with Crippen molar-refractivity contribution >= 4 is 34.5 Å². The van der Waals surface area contributed by atoms with Gasteiger partial charge in [0.2, 0.25) is 5.88 Å². The number of ether oxygens (including phenoxy) is 1. The minimum atomic E-state index is -0.0817. The van der Waals surface area contributed by atoms with Gasteiger partial charge in [-0.1, -0.05) is 29.3 Å². The van der Waals surface area contributed by atoms with Crippen molar-refractivity contribution in [3.63, 3.8) is 0 Å². The number of fused-ring (bicyclic) bond motifs is 1. The Hall–Kier alpha value is -1.71. The Labute approximate surface area is 139 Å². The van der Waals surface area contributed by atoms with E-state index in [2.05, 4.69) is 37.1 Å². The van der Waals surface area contributed by atoms with Crippen molar-refractivity contribution < 1.29 is 4.74 Å². The van der Waals surface area contributed by atoms with Gasteiger partial charge in [0.15, 0.2) is 0 Å². The van der Waals surface area contributed by atoms with Gasteiger partial charge < -0.3 is 10.1 Å². The van der Waals surface area contributed by atoms with Crippen LogP contribution in [0.25, 0.3) is 5.57 Å². The van der Waals surface area contributed by atoms with Crippen LogP contribution >= 0.6 is 23.2 Å². The quantitative estimate of drug-likeness (QED) is 0.754. The van der Waals surface area contributed by atoms with Crippen molar-refractivity contribution in [3.8, 4) is 11.6 Å². The largest absolute Gasteiger partial charge is 0.439 e. The zero-order valence-electron chi connectivity index (χ0n) is 12.6. The molecule has 3 nitrogen and oxygen atoms in total. The van der Waals surface area contributed by atoms with E-state index in [1.807, 2.05) is 12.1 Å². The monoisotopic (exact) mass is 334 g/mol. The number of allylic oxidation sites excluding steroid dienone is 1. The highest BCUT2D eigenvalue weighted by molar-refractivity contribution is 6.34. The van der Waals surface area contributed by atoms with Crippen LogP contribution in [0.2, 0.25) is 10.0 Å². The van der Waals surface area contributed by atoms with E-state index in [9.17, 15) is 0 Å². The average Bonchev–Trinajstić information content (AvgIpc) is 2.37. The fraction of sp³-hybridized carbons (Fsp3) is 0.235. The Balaban J connectivity index is 1.93. The first-order chi connectivity index (χ1) is 10.3. The Kier molecular flexibility index (Phi) is 3.79. The maximum atomic E-state index is 5.98. The molecule has 22 heavy (non-hydrogen) atoms. The van der Waals surface area contributed by atoms with E-state index in [0.717, 1.165) is 17.0 Å². The second kappa shape index (κ2) is 5.49. The molecule has 0 radical (unpaired) electrons. The number of halogens is 2. The maximum Gasteiger partial charge on any atom is 0.219 e.